The van der Waals surface area contributed by atoms with Crippen LogP contribution in [-0.2, 0) is 0 Å². The lowest BCUT2D eigenvalue weighted by molar-refractivity contribution is 0.0797. The van der Waals surface area contributed by atoms with Gasteiger partial charge in [0.15, 0.2) is 0 Å². The van der Waals surface area contributed by atoms with Crippen molar-refractivity contribution in [3.05, 3.63) is 27.3 Å². The molecule has 16 heavy (non-hydrogen) atoms. The van der Waals surface area contributed by atoms with Crippen molar-refractivity contribution in [2.45, 2.75) is 6.42 Å². The Bertz CT molecular complexity index is 440. The normalized spacial score (nSPS) is 9.56. The molecule has 0 aliphatic rings. The van der Waals surface area contributed by atoms with Gasteiger partial charge in [-0.05, 0) is 40.8 Å². The van der Waals surface area contributed by atoms with Gasteiger partial charge in [0.05, 0.1) is 16.1 Å². The van der Waals surface area contributed by atoms with E-state index >= 15 is 0 Å². The van der Waals surface area contributed by atoms with Crippen molar-refractivity contribution >= 4 is 28.5 Å². The second kappa shape index (κ2) is 5.70. The highest BCUT2D eigenvalue weighted by Gasteiger charge is 2.12. The lowest BCUT2D eigenvalue weighted by Crippen LogP contribution is -2.27. The van der Waals surface area contributed by atoms with Crippen molar-refractivity contribution in [1.29, 1.82) is 5.26 Å². The quantitative estimate of drug-likeness (QED) is 0.862. The van der Waals surface area contributed by atoms with Crippen LogP contribution >= 0.6 is 22.6 Å². The van der Waals surface area contributed by atoms with E-state index in [2.05, 4.69) is 0 Å². The Morgan fingerprint density at radius 3 is 2.88 bits per heavy atom. The number of nitriles is 1. The molecule has 0 unspecified atom stereocenters. The Morgan fingerprint density at radius 1 is 1.62 bits per heavy atom. The van der Waals surface area contributed by atoms with E-state index in [1.54, 1.807) is 19.2 Å². The molecule has 84 valence electrons. The van der Waals surface area contributed by atoms with Gasteiger partial charge in [0, 0.05) is 19.2 Å². The summed E-state index contributed by atoms with van der Waals surface area (Å²) in [5.41, 5.74) is 0.429. The first-order valence-corrected chi connectivity index (χ1v) is 5.75. The molecule has 0 saturated carbocycles. The molecule has 0 radical (unpaired) electrons. The van der Waals surface area contributed by atoms with Crippen molar-refractivity contribution in [1.82, 2.24) is 4.90 Å². The molecule has 0 fully saturated rings. The summed E-state index contributed by atoms with van der Waals surface area (Å²) in [5, 5.41) is 17.9. The number of carbonyl (C=O) groups is 1. The molecule has 1 aromatic rings. The van der Waals surface area contributed by atoms with Crippen molar-refractivity contribution in [2.75, 3.05) is 13.6 Å². The molecule has 0 aliphatic heterocycles. The number of benzene rings is 1. The van der Waals surface area contributed by atoms with E-state index in [9.17, 15) is 9.90 Å². The van der Waals surface area contributed by atoms with E-state index in [1.807, 2.05) is 28.7 Å². The van der Waals surface area contributed by atoms with Crippen LogP contribution in [-0.4, -0.2) is 29.5 Å². The van der Waals surface area contributed by atoms with Gasteiger partial charge in [0.2, 0.25) is 0 Å². The van der Waals surface area contributed by atoms with E-state index in [0.717, 1.165) is 0 Å². The SMILES string of the molecule is CN(CCC#N)C(=O)c1ccc(I)c(O)c1. The molecule has 4 nitrogen and oxygen atoms in total. The second-order valence-corrected chi connectivity index (χ2v) is 4.46. The summed E-state index contributed by atoms with van der Waals surface area (Å²) in [7, 11) is 1.63. The van der Waals surface area contributed by atoms with Crippen LogP contribution < -0.4 is 0 Å². The number of phenols is 1. The van der Waals surface area contributed by atoms with Crippen LogP contribution in [0.4, 0.5) is 0 Å². The second-order valence-electron chi connectivity index (χ2n) is 3.30. The standard InChI is InChI=1S/C11H11IN2O2/c1-14(6-2-5-13)11(16)8-3-4-9(12)10(15)7-8/h3-4,7,15H,2,6H2,1H3. The van der Waals surface area contributed by atoms with Crippen molar-refractivity contribution in [2.24, 2.45) is 0 Å². The summed E-state index contributed by atoms with van der Waals surface area (Å²) >= 11 is 1.99. The van der Waals surface area contributed by atoms with Gasteiger partial charge in [-0.1, -0.05) is 0 Å². The van der Waals surface area contributed by atoms with Gasteiger partial charge in [0.1, 0.15) is 5.75 Å². The van der Waals surface area contributed by atoms with E-state index in [4.69, 9.17) is 5.26 Å². The van der Waals surface area contributed by atoms with Gasteiger partial charge >= 0.3 is 0 Å². The Hall–Kier alpha value is -1.29. The van der Waals surface area contributed by atoms with Gasteiger partial charge in [-0.25, -0.2) is 0 Å². The van der Waals surface area contributed by atoms with Crippen LogP contribution in [0.1, 0.15) is 16.8 Å². The molecule has 0 aliphatic carbocycles. The minimum Gasteiger partial charge on any atom is -0.507 e. The molecule has 0 aromatic heterocycles. The van der Waals surface area contributed by atoms with E-state index in [-0.39, 0.29) is 11.7 Å². The number of nitrogens with zero attached hydrogens (tertiary/aromatic N) is 2. The Balaban J connectivity index is 2.80. The zero-order valence-electron chi connectivity index (χ0n) is 8.77. The molecule has 0 spiro atoms. The average molecular weight is 330 g/mol. The van der Waals surface area contributed by atoms with Crippen molar-refractivity contribution < 1.29 is 9.90 Å². The summed E-state index contributed by atoms with van der Waals surface area (Å²) in [5.74, 6) is -0.0953. The van der Waals surface area contributed by atoms with Crippen LogP contribution in [0.2, 0.25) is 0 Å². The summed E-state index contributed by atoms with van der Waals surface area (Å²) in [6, 6.07) is 6.76. The third-order valence-electron chi connectivity index (χ3n) is 2.10. The molecule has 1 amide bonds. The summed E-state index contributed by atoms with van der Waals surface area (Å²) in [6.07, 6.45) is 0.304. The van der Waals surface area contributed by atoms with Gasteiger partial charge in [-0.3, -0.25) is 4.79 Å². The largest absolute Gasteiger partial charge is 0.507 e. The van der Waals surface area contributed by atoms with Crippen LogP contribution in [0.15, 0.2) is 18.2 Å². The zero-order valence-corrected chi connectivity index (χ0v) is 10.9. The number of amides is 1. The Morgan fingerprint density at radius 2 is 2.31 bits per heavy atom. The highest BCUT2D eigenvalue weighted by Crippen LogP contribution is 2.21. The molecule has 1 rings (SSSR count). The predicted octanol–water partition coefficient (Wildman–Crippen LogP) is 1.98. The Kier molecular flexibility index (Phi) is 4.55. The molecule has 1 N–H and O–H groups in total. The third-order valence-corrected chi connectivity index (χ3v) is 3.01. The van der Waals surface area contributed by atoms with E-state index in [1.165, 1.54) is 11.0 Å². The number of aromatic hydroxyl groups is 1. The van der Waals surface area contributed by atoms with Gasteiger partial charge < -0.3 is 10.0 Å². The maximum Gasteiger partial charge on any atom is 0.253 e. The van der Waals surface area contributed by atoms with Crippen LogP contribution in [0.5, 0.6) is 5.75 Å². The van der Waals surface area contributed by atoms with Gasteiger partial charge in [0.25, 0.3) is 5.91 Å². The zero-order chi connectivity index (χ0) is 12.1. The molecule has 1 aromatic carbocycles. The third kappa shape index (κ3) is 3.10. The number of phenolic OH excluding ortho intramolecular Hbond substituents is 1. The number of halogens is 1. The highest BCUT2D eigenvalue weighted by molar-refractivity contribution is 14.1. The van der Waals surface area contributed by atoms with Crippen molar-refractivity contribution in [3.63, 3.8) is 0 Å². The molecule has 0 saturated heterocycles. The van der Waals surface area contributed by atoms with E-state index in [0.29, 0.717) is 22.1 Å². The minimum absolute atomic E-state index is 0.0973. The maximum absolute atomic E-state index is 11.8. The van der Waals surface area contributed by atoms with Gasteiger partial charge in [-0.2, -0.15) is 5.26 Å². The predicted molar refractivity (Wildman–Crippen MR) is 68.0 cm³/mol. The number of hydrogen-bond donors (Lipinski definition) is 1. The average Bonchev–Trinajstić information content (AvgIpc) is 2.28. The summed E-state index contributed by atoms with van der Waals surface area (Å²) in [6.45, 7) is 0.391. The highest BCUT2D eigenvalue weighted by atomic mass is 127. The topological polar surface area (TPSA) is 64.3 Å². The molecule has 5 heteroatoms. The first-order chi connectivity index (χ1) is 7.56. The monoisotopic (exact) mass is 330 g/mol. The molecule has 0 atom stereocenters. The first-order valence-electron chi connectivity index (χ1n) is 4.67. The maximum atomic E-state index is 11.8. The minimum atomic E-state index is -0.193. The van der Waals surface area contributed by atoms with Crippen LogP contribution in [0.3, 0.4) is 0 Å². The fourth-order valence-electron chi connectivity index (χ4n) is 1.19. The fourth-order valence-corrected chi connectivity index (χ4v) is 1.52. The number of hydrogen-bond acceptors (Lipinski definition) is 3. The molecular weight excluding hydrogens is 319 g/mol. The number of carbonyl (C=O) groups excluding carboxylic acids is 1. The van der Waals surface area contributed by atoms with Crippen LogP contribution in [0.25, 0.3) is 0 Å². The fraction of sp³-hybridized carbons (Fsp3) is 0.273. The van der Waals surface area contributed by atoms with Crippen LogP contribution in [0, 0.1) is 14.9 Å². The first kappa shape index (κ1) is 12.8. The number of rotatable bonds is 3. The lowest BCUT2D eigenvalue weighted by Gasteiger charge is -2.15. The molecule has 0 bridgehead atoms. The van der Waals surface area contributed by atoms with E-state index < -0.39 is 0 Å². The lowest BCUT2D eigenvalue weighted by atomic mass is 10.2. The summed E-state index contributed by atoms with van der Waals surface area (Å²) in [4.78, 5) is 13.3. The molecular formula is C11H11IN2O2. The van der Waals surface area contributed by atoms with Gasteiger partial charge in [-0.15, -0.1) is 0 Å². The summed E-state index contributed by atoms with van der Waals surface area (Å²) < 4.78 is 0.703. The Labute approximate surface area is 108 Å². The van der Waals surface area contributed by atoms with Crippen molar-refractivity contribution in [3.8, 4) is 11.8 Å². The smallest absolute Gasteiger partial charge is 0.253 e. The molecule has 0 heterocycles.